The van der Waals surface area contributed by atoms with Crippen LogP contribution >= 0.6 is 0 Å². The first kappa shape index (κ1) is 16.4. The van der Waals surface area contributed by atoms with Gasteiger partial charge in [0, 0.05) is 17.5 Å². The van der Waals surface area contributed by atoms with Gasteiger partial charge >= 0.3 is 5.97 Å². The summed E-state index contributed by atoms with van der Waals surface area (Å²) >= 11 is 0. The third-order valence-corrected chi connectivity index (χ3v) is 10.0. The van der Waals surface area contributed by atoms with Crippen molar-refractivity contribution in [3.05, 3.63) is 29.8 Å². The van der Waals surface area contributed by atoms with Gasteiger partial charge < -0.3 is 14.5 Å². The van der Waals surface area contributed by atoms with E-state index in [0.717, 1.165) is 6.42 Å². The Morgan fingerprint density at radius 2 is 2.11 bits per heavy atom. The van der Waals surface area contributed by atoms with Crippen molar-refractivity contribution in [2.24, 2.45) is 17.3 Å². The van der Waals surface area contributed by atoms with Crippen LogP contribution < -0.4 is 5.32 Å². The van der Waals surface area contributed by atoms with E-state index in [1.807, 2.05) is 0 Å². The molecule has 144 valence electrons. The van der Waals surface area contributed by atoms with E-state index in [1.165, 1.54) is 54.6 Å². The number of benzene rings is 1. The molecule has 7 atom stereocenters. The lowest BCUT2D eigenvalue weighted by atomic mass is 9.56. The van der Waals surface area contributed by atoms with Crippen molar-refractivity contribution in [2.45, 2.75) is 56.5 Å². The second-order valence-electron chi connectivity index (χ2n) is 9.98. The van der Waals surface area contributed by atoms with Crippen LogP contribution in [0.4, 0.5) is 5.69 Å². The average Bonchev–Trinajstić information content (AvgIpc) is 3.34. The summed E-state index contributed by atoms with van der Waals surface area (Å²) in [6.07, 6.45) is 4.79. The first-order valence-corrected chi connectivity index (χ1v) is 10.8. The fourth-order valence-corrected chi connectivity index (χ4v) is 9.47. The Balaban J connectivity index is 1.68. The number of hydrogen-bond donors (Lipinski definition) is 1. The molecule has 1 N–H and O–H groups in total. The van der Waals surface area contributed by atoms with Gasteiger partial charge in [0.1, 0.15) is 6.04 Å². The topological polar surface area (TPSA) is 38.3 Å². The Labute approximate surface area is 161 Å². The van der Waals surface area contributed by atoms with Gasteiger partial charge in [-0.05, 0) is 43.7 Å². The number of hydrogen-bond acceptors (Lipinski definition) is 3. The monoisotopic (exact) mass is 367 g/mol. The molecule has 27 heavy (non-hydrogen) atoms. The number of rotatable bonds is 2. The van der Waals surface area contributed by atoms with Gasteiger partial charge in [-0.25, -0.2) is 0 Å². The summed E-state index contributed by atoms with van der Waals surface area (Å²) in [5, 5.41) is 4.02. The van der Waals surface area contributed by atoms with Crippen LogP contribution in [0.25, 0.3) is 0 Å². The van der Waals surface area contributed by atoms with Gasteiger partial charge in [-0.1, -0.05) is 25.1 Å². The number of carbonyl (C=O) groups is 1. The van der Waals surface area contributed by atoms with Crippen molar-refractivity contribution in [3.63, 3.8) is 0 Å². The first-order valence-electron chi connectivity index (χ1n) is 10.8. The number of piperidine rings is 1. The molecule has 3 aliphatic heterocycles. The third kappa shape index (κ3) is 1.38. The predicted molar refractivity (Wildman–Crippen MR) is 104 cm³/mol. The number of anilines is 1. The zero-order valence-corrected chi connectivity index (χ0v) is 16.8. The van der Waals surface area contributed by atoms with E-state index < -0.39 is 0 Å². The van der Waals surface area contributed by atoms with Crippen LogP contribution in [0.2, 0.25) is 0 Å². The highest BCUT2D eigenvalue weighted by molar-refractivity contribution is 5.82. The predicted octanol–water partition coefficient (Wildman–Crippen LogP) is 3.32. The molecule has 2 saturated carbocycles. The summed E-state index contributed by atoms with van der Waals surface area (Å²) in [6, 6.07) is 9.58. The highest BCUT2D eigenvalue weighted by Gasteiger charge is 2.90. The van der Waals surface area contributed by atoms with Crippen molar-refractivity contribution in [2.75, 3.05) is 32.1 Å². The van der Waals surface area contributed by atoms with Crippen LogP contribution in [0.3, 0.4) is 0 Å². The minimum atomic E-state index is -0.173. The van der Waals surface area contributed by atoms with E-state index >= 15 is 0 Å². The highest BCUT2D eigenvalue weighted by Crippen LogP contribution is 2.81. The quantitative estimate of drug-likeness (QED) is 0.644. The van der Waals surface area contributed by atoms with Crippen LogP contribution in [0.5, 0.6) is 0 Å². The van der Waals surface area contributed by atoms with Crippen LogP contribution in [-0.2, 0) is 14.9 Å². The molecule has 0 unspecified atom stereocenters. The van der Waals surface area contributed by atoms with Crippen LogP contribution in [0.1, 0.15) is 45.1 Å². The summed E-state index contributed by atoms with van der Waals surface area (Å²) in [7, 11) is 1.57. The lowest BCUT2D eigenvalue weighted by molar-refractivity contribution is -0.952. The average molecular weight is 368 g/mol. The SMILES string of the molecule is CC[N@+]12CCC[C@@]34C[C@H](C(=O)OC)[C@@]5(Nc6ccccc6[C@]5(CC1)[C@@H]32)[C@@H]4C. The summed E-state index contributed by atoms with van der Waals surface area (Å²) in [5.74, 6) is 0.469. The van der Waals surface area contributed by atoms with Crippen molar-refractivity contribution in [3.8, 4) is 0 Å². The zero-order valence-electron chi connectivity index (χ0n) is 16.8. The van der Waals surface area contributed by atoms with Gasteiger partial charge in [0.15, 0.2) is 0 Å². The minimum absolute atomic E-state index is 0.00364. The van der Waals surface area contributed by atoms with E-state index in [0.29, 0.717) is 12.0 Å². The van der Waals surface area contributed by atoms with Crippen LogP contribution in [0, 0.1) is 17.3 Å². The fraction of sp³-hybridized carbons (Fsp3) is 0.696. The molecule has 4 heteroatoms. The van der Waals surface area contributed by atoms with Crippen molar-refractivity contribution in [1.29, 1.82) is 0 Å². The highest BCUT2D eigenvalue weighted by atomic mass is 16.5. The molecule has 4 nitrogen and oxygen atoms in total. The number of methoxy groups -OCH3 is 1. The molecular formula is C23H31N2O2+. The molecule has 6 rings (SSSR count). The molecule has 0 amide bonds. The van der Waals surface area contributed by atoms with E-state index in [1.54, 1.807) is 7.11 Å². The number of nitrogens with zero attached hydrogens (tertiary/aromatic N) is 1. The largest absolute Gasteiger partial charge is 0.469 e. The number of carbonyl (C=O) groups excluding carboxylic acids is 1. The maximum atomic E-state index is 13.1. The Morgan fingerprint density at radius 3 is 2.89 bits per heavy atom. The summed E-state index contributed by atoms with van der Waals surface area (Å²) in [5.41, 5.74) is 2.94. The first-order chi connectivity index (χ1) is 13.0. The molecule has 5 aliphatic rings. The molecule has 1 aromatic rings. The second-order valence-corrected chi connectivity index (χ2v) is 9.98. The summed E-state index contributed by atoms with van der Waals surface area (Å²) < 4.78 is 6.66. The summed E-state index contributed by atoms with van der Waals surface area (Å²) in [4.78, 5) is 13.1. The lowest BCUT2D eigenvalue weighted by Crippen LogP contribution is -2.68. The van der Waals surface area contributed by atoms with E-state index in [9.17, 15) is 4.79 Å². The number of esters is 1. The summed E-state index contributed by atoms with van der Waals surface area (Å²) in [6.45, 7) is 8.66. The standard InChI is InChI=1S/C23H31N2O2/c1-4-25-12-7-10-21-14-17(19(26)27-3)23(15(21)2)22(11-13-25,20(21)25)16-8-5-6-9-18(16)24-23/h5-6,8-9,15,17,20,24H,4,7,10-14H2,1-3H3/q+1/t15-,17-,20-,21+,22-,23+,25+/m1/s1. The van der Waals surface area contributed by atoms with Crippen molar-refractivity contribution >= 4 is 11.7 Å². The molecule has 0 radical (unpaired) electrons. The van der Waals surface area contributed by atoms with Crippen molar-refractivity contribution in [1.82, 2.24) is 0 Å². The van der Waals surface area contributed by atoms with E-state index in [4.69, 9.17) is 4.74 Å². The molecule has 3 heterocycles. The lowest BCUT2D eigenvalue weighted by Gasteiger charge is -2.55. The van der Waals surface area contributed by atoms with Gasteiger partial charge in [-0.3, -0.25) is 4.79 Å². The Kier molecular flexibility index (Phi) is 2.86. The smallest absolute Gasteiger partial charge is 0.311 e. The van der Waals surface area contributed by atoms with Gasteiger partial charge in [0.05, 0.1) is 43.6 Å². The Morgan fingerprint density at radius 1 is 1.30 bits per heavy atom. The molecule has 4 fully saturated rings. The number of likely N-dealkylation sites (N-methyl/N-ethyl adjacent to an activating group) is 1. The number of ether oxygens (including phenoxy) is 1. The van der Waals surface area contributed by atoms with Gasteiger partial charge in [-0.2, -0.15) is 0 Å². The maximum Gasteiger partial charge on any atom is 0.311 e. The number of nitrogens with one attached hydrogen (secondary N) is 1. The molecule has 3 spiro atoms. The van der Waals surface area contributed by atoms with E-state index in [2.05, 4.69) is 43.4 Å². The van der Waals surface area contributed by atoms with Gasteiger partial charge in [0.2, 0.25) is 0 Å². The van der Waals surface area contributed by atoms with Crippen molar-refractivity contribution < 1.29 is 14.0 Å². The minimum Gasteiger partial charge on any atom is -0.469 e. The maximum absolute atomic E-state index is 13.1. The van der Waals surface area contributed by atoms with Crippen LogP contribution in [-0.4, -0.2) is 48.8 Å². The normalized spacial score (nSPS) is 50.7. The molecule has 0 aromatic heterocycles. The molecule has 2 aliphatic carbocycles. The number of para-hydroxylation sites is 1. The molecule has 2 saturated heterocycles. The van der Waals surface area contributed by atoms with Crippen LogP contribution in [0.15, 0.2) is 24.3 Å². The zero-order chi connectivity index (χ0) is 18.7. The Bertz CT molecular complexity index is 855. The Hall–Kier alpha value is -1.55. The molecule has 2 bridgehead atoms. The van der Waals surface area contributed by atoms with Gasteiger partial charge in [-0.15, -0.1) is 0 Å². The number of fused-ring (bicyclic) bond motifs is 1. The fourth-order valence-electron chi connectivity index (χ4n) is 9.47. The molecule has 1 aromatic carbocycles. The number of quaternary nitrogens is 1. The second kappa shape index (κ2) is 4.71. The van der Waals surface area contributed by atoms with Gasteiger partial charge in [0.25, 0.3) is 0 Å². The third-order valence-electron chi connectivity index (χ3n) is 10.0. The molecular weight excluding hydrogens is 336 g/mol. The van der Waals surface area contributed by atoms with E-state index in [-0.39, 0.29) is 28.3 Å².